The number of benzene rings is 3. The Morgan fingerprint density at radius 2 is 1.29 bits per heavy atom. The van der Waals surface area contributed by atoms with Gasteiger partial charge in [0, 0.05) is 35.7 Å². The SMILES string of the molecule is C=C(C)C(=O)OCCCOCCc1ccc(N(c2ccc(C)c(C)c2)c2ccc(C)c(C)c2)cc1. The Morgan fingerprint density at radius 1 is 0.743 bits per heavy atom. The van der Waals surface area contributed by atoms with Crippen LogP contribution in [0.25, 0.3) is 0 Å². The van der Waals surface area contributed by atoms with Crippen molar-refractivity contribution in [3.63, 3.8) is 0 Å². The van der Waals surface area contributed by atoms with E-state index in [0.717, 1.165) is 23.5 Å². The summed E-state index contributed by atoms with van der Waals surface area (Å²) in [7, 11) is 0. The highest BCUT2D eigenvalue weighted by Gasteiger charge is 2.14. The van der Waals surface area contributed by atoms with Crippen LogP contribution in [0.3, 0.4) is 0 Å². The average molecular weight is 472 g/mol. The lowest BCUT2D eigenvalue weighted by Crippen LogP contribution is -2.11. The fourth-order valence-electron chi connectivity index (χ4n) is 3.73. The van der Waals surface area contributed by atoms with E-state index in [0.29, 0.717) is 31.8 Å². The number of carbonyl (C=O) groups is 1. The molecule has 0 N–H and O–H groups in total. The number of anilines is 3. The lowest BCUT2D eigenvalue weighted by molar-refractivity contribution is -0.139. The number of carbonyl (C=O) groups excluding carboxylic acids is 1. The van der Waals surface area contributed by atoms with Gasteiger partial charge in [-0.25, -0.2) is 4.79 Å². The molecule has 3 aromatic carbocycles. The quantitative estimate of drug-likeness (QED) is 0.165. The maximum absolute atomic E-state index is 11.4. The molecule has 184 valence electrons. The summed E-state index contributed by atoms with van der Waals surface area (Å²) < 4.78 is 10.8. The number of hydrogen-bond acceptors (Lipinski definition) is 4. The summed E-state index contributed by atoms with van der Waals surface area (Å²) in [6, 6.07) is 21.9. The second kappa shape index (κ2) is 12.4. The minimum Gasteiger partial charge on any atom is -0.462 e. The van der Waals surface area contributed by atoms with E-state index in [4.69, 9.17) is 9.47 Å². The van der Waals surface area contributed by atoms with E-state index in [1.165, 1.54) is 27.8 Å². The molecule has 0 aromatic heterocycles. The first-order chi connectivity index (χ1) is 16.8. The Kier molecular flexibility index (Phi) is 9.27. The van der Waals surface area contributed by atoms with E-state index in [1.807, 2.05) is 0 Å². The Labute approximate surface area is 210 Å². The van der Waals surface area contributed by atoms with E-state index in [-0.39, 0.29) is 5.97 Å². The van der Waals surface area contributed by atoms with Crippen molar-refractivity contribution < 1.29 is 14.3 Å². The fraction of sp³-hybridized carbons (Fsp3) is 0.323. The Bertz CT molecular complexity index is 1110. The molecule has 0 amide bonds. The molecular weight excluding hydrogens is 434 g/mol. The molecule has 35 heavy (non-hydrogen) atoms. The zero-order valence-corrected chi connectivity index (χ0v) is 21.7. The van der Waals surface area contributed by atoms with E-state index < -0.39 is 0 Å². The van der Waals surface area contributed by atoms with Gasteiger partial charge in [-0.15, -0.1) is 0 Å². The third-order valence-corrected chi connectivity index (χ3v) is 6.24. The number of aryl methyl sites for hydroxylation is 4. The Morgan fingerprint density at radius 3 is 1.80 bits per heavy atom. The topological polar surface area (TPSA) is 38.8 Å². The molecule has 0 aliphatic heterocycles. The molecule has 3 rings (SSSR count). The summed E-state index contributed by atoms with van der Waals surface area (Å²) in [6.07, 6.45) is 1.51. The molecule has 0 unspecified atom stereocenters. The maximum atomic E-state index is 11.4. The maximum Gasteiger partial charge on any atom is 0.333 e. The van der Waals surface area contributed by atoms with Gasteiger partial charge in [-0.3, -0.25) is 0 Å². The average Bonchev–Trinajstić information content (AvgIpc) is 2.83. The van der Waals surface area contributed by atoms with Crippen molar-refractivity contribution in [2.75, 3.05) is 24.7 Å². The Balaban J connectivity index is 1.65. The van der Waals surface area contributed by atoms with E-state index >= 15 is 0 Å². The van der Waals surface area contributed by atoms with Gasteiger partial charge in [0.1, 0.15) is 0 Å². The van der Waals surface area contributed by atoms with Crippen LogP contribution in [0.4, 0.5) is 17.1 Å². The fourth-order valence-corrected chi connectivity index (χ4v) is 3.73. The summed E-state index contributed by atoms with van der Waals surface area (Å²) in [6.45, 7) is 15.4. The summed E-state index contributed by atoms with van der Waals surface area (Å²) >= 11 is 0. The molecule has 0 atom stereocenters. The highest BCUT2D eigenvalue weighted by Crippen LogP contribution is 2.36. The van der Waals surface area contributed by atoms with Gasteiger partial charge in [0.2, 0.25) is 0 Å². The molecule has 3 aromatic rings. The monoisotopic (exact) mass is 471 g/mol. The summed E-state index contributed by atoms with van der Waals surface area (Å²) in [5.74, 6) is -0.347. The van der Waals surface area contributed by atoms with Gasteiger partial charge >= 0.3 is 5.97 Å². The number of esters is 1. The summed E-state index contributed by atoms with van der Waals surface area (Å²) in [5.41, 5.74) is 10.2. The largest absolute Gasteiger partial charge is 0.462 e. The van der Waals surface area contributed by atoms with Gasteiger partial charge in [0.15, 0.2) is 0 Å². The van der Waals surface area contributed by atoms with Crippen LogP contribution in [0, 0.1) is 27.7 Å². The standard InChI is InChI=1S/C31H37NO3/c1-22(2)31(33)35-18-7-17-34-19-16-27-10-14-28(15-11-27)32(29-12-8-23(3)25(5)20-29)30-13-9-24(4)26(6)21-30/h8-15,20-21H,1,7,16-19H2,2-6H3. The van der Waals surface area contributed by atoms with Crippen molar-refractivity contribution in [1.82, 2.24) is 0 Å². The van der Waals surface area contributed by atoms with Gasteiger partial charge in [0.25, 0.3) is 0 Å². The van der Waals surface area contributed by atoms with Crippen LogP contribution >= 0.6 is 0 Å². The predicted octanol–water partition coefficient (Wildman–Crippen LogP) is 7.46. The normalized spacial score (nSPS) is 10.8. The third-order valence-electron chi connectivity index (χ3n) is 6.24. The lowest BCUT2D eigenvalue weighted by Gasteiger charge is -2.27. The van der Waals surface area contributed by atoms with Crippen molar-refractivity contribution in [3.05, 3.63) is 101 Å². The number of nitrogens with zero attached hydrogens (tertiary/aromatic N) is 1. The van der Waals surface area contributed by atoms with Crippen LogP contribution in [0.1, 0.15) is 41.2 Å². The molecule has 0 radical (unpaired) electrons. The van der Waals surface area contributed by atoms with Crippen molar-refractivity contribution in [3.8, 4) is 0 Å². The first kappa shape index (κ1) is 26.2. The highest BCUT2D eigenvalue weighted by atomic mass is 16.5. The Hall–Kier alpha value is -3.37. The molecular formula is C31H37NO3. The molecule has 0 aliphatic rings. The molecule has 4 heteroatoms. The smallest absolute Gasteiger partial charge is 0.333 e. The van der Waals surface area contributed by atoms with E-state index in [1.54, 1.807) is 6.92 Å². The van der Waals surface area contributed by atoms with Crippen molar-refractivity contribution in [1.29, 1.82) is 0 Å². The predicted molar refractivity (Wildman–Crippen MR) is 145 cm³/mol. The van der Waals surface area contributed by atoms with E-state index in [2.05, 4.69) is 99.8 Å². The van der Waals surface area contributed by atoms with Gasteiger partial charge in [-0.05, 0) is 105 Å². The summed E-state index contributed by atoms with van der Waals surface area (Å²) in [5, 5.41) is 0. The van der Waals surface area contributed by atoms with Crippen molar-refractivity contribution in [2.24, 2.45) is 0 Å². The second-order valence-electron chi connectivity index (χ2n) is 9.17. The number of rotatable bonds is 11. The van der Waals surface area contributed by atoms with Crippen molar-refractivity contribution >= 4 is 23.0 Å². The minimum absolute atomic E-state index is 0.347. The zero-order chi connectivity index (χ0) is 25.4. The van der Waals surface area contributed by atoms with Gasteiger partial charge in [-0.1, -0.05) is 30.8 Å². The van der Waals surface area contributed by atoms with E-state index in [9.17, 15) is 4.79 Å². The third kappa shape index (κ3) is 7.30. The zero-order valence-electron chi connectivity index (χ0n) is 21.7. The molecule has 0 heterocycles. The van der Waals surface area contributed by atoms with Gasteiger partial charge in [0.05, 0.1) is 13.2 Å². The van der Waals surface area contributed by atoms with Crippen LogP contribution in [-0.4, -0.2) is 25.8 Å². The molecule has 0 saturated heterocycles. The van der Waals surface area contributed by atoms with Crippen LogP contribution in [0.2, 0.25) is 0 Å². The first-order valence-electron chi connectivity index (χ1n) is 12.2. The molecule has 4 nitrogen and oxygen atoms in total. The number of hydrogen-bond donors (Lipinski definition) is 0. The number of ether oxygens (including phenoxy) is 2. The molecule has 0 aliphatic carbocycles. The first-order valence-corrected chi connectivity index (χ1v) is 12.2. The summed E-state index contributed by atoms with van der Waals surface area (Å²) in [4.78, 5) is 13.7. The van der Waals surface area contributed by atoms with Crippen molar-refractivity contribution in [2.45, 2.75) is 47.5 Å². The highest BCUT2D eigenvalue weighted by molar-refractivity contribution is 5.86. The molecule has 0 fully saturated rings. The van der Waals surface area contributed by atoms with Crippen LogP contribution in [-0.2, 0) is 20.7 Å². The van der Waals surface area contributed by atoms with Gasteiger partial charge < -0.3 is 14.4 Å². The molecule has 0 bridgehead atoms. The second-order valence-corrected chi connectivity index (χ2v) is 9.17. The van der Waals surface area contributed by atoms with Gasteiger partial charge in [-0.2, -0.15) is 0 Å². The molecule has 0 spiro atoms. The molecule has 0 saturated carbocycles. The van der Waals surface area contributed by atoms with Crippen LogP contribution in [0.5, 0.6) is 0 Å². The van der Waals surface area contributed by atoms with Crippen LogP contribution in [0.15, 0.2) is 72.8 Å². The lowest BCUT2D eigenvalue weighted by atomic mass is 10.0. The van der Waals surface area contributed by atoms with Crippen LogP contribution < -0.4 is 4.90 Å². The minimum atomic E-state index is -0.347.